The first-order chi connectivity index (χ1) is 8.11. The lowest BCUT2D eigenvalue weighted by atomic mass is 10.4. The molecule has 0 rings (SSSR count). The molecule has 0 aromatic carbocycles. The number of hydrogen-bond acceptors (Lipinski definition) is 5. The monoisotopic (exact) mass is 322 g/mol. The molecule has 0 N–H and O–H groups in total. The second kappa shape index (κ2) is 5.81. The molecule has 5 nitrogen and oxygen atoms in total. The van der Waals surface area contributed by atoms with Gasteiger partial charge >= 0.3 is 33.4 Å². The molecule has 0 radical (unpaired) electrons. The normalized spacial score (nSPS) is 13.5. The summed E-state index contributed by atoms with van der Waals surface area (Å²) in [7, 11) is -6.75. The van der Waals surface area contributed by atoms with Crippen LogP contribution in [0.15, 0.2) is 0 Å². The fraction of sp³-hybridized carbons (Fsp3) is 0.667. The molecule has 0 aliphatic rings. The number of alkyl halides is 7. The molecule has 0 saturated carbocycles. The van der Waals surface area contributed by atoms with Gasteiger partial charge in [-0.05, 0) is 0 Å². The van der Waals surface area contributed by atoms with Crippen molar-refractivity contribution < 1.29 is 52.9 Å². The van der Waals surface area contributed by atoms with Gasteiger partial charge in [-0.2, -0.15) is 43.3 Å². The van der Waals surface area contributed by atoms with Crippen molar-refractivity contribution in [2.45, 2.75) is 24.5 Å². The second-order valence-corrected chi connectivity index (χ2v) is 4.28. The number of hydrogen-bond donors (Lipinski definition) is 0. The van der Waals surface area contributed by atoms with Gasteiger partial charge in [-0.25, -0.2) is 0 Å². The Bertz CT molecular complexity index is 420. The standard InChI is InChI=1S/C5H3F7O4S.CH2O/c1-3(6,7)16-17(14,15)5(11,12)2(13)4(8,9)10;1-2/h1H3;1H2. The van der Waals surface area contributed by atoms with Gasteiger partial charge in [0.25, 0.3) is 0 Å². The summed E-state index contributed by atoms with van der Waals surface area (Å²) in [4.78, 5) is 18.0. The van der Waals surface area contributed by atoms with Gasteiger partial charge < -0.3 is 4.79 Å². The molecule has 0 bridgehead atoms. The molecule has 0 aliphatic carbocycles. The number of halogens is 7. The Morgan fingerprint density at radius 1 is 1.00 bits per heavy atom. The van der Waals surface area contributed by atoms with Gasteiger partial charge in [-0.3, -0.25) is 4.79 Å². The Hall–Kier alpha value is -1.24. The molecule has 0 spiro atoms. The summed E-state index contributed by atoms with van der Waals surface area (Å²) in [5.74, 6) is -4.02. The average Bonchev–Trinajstić information content (AvgIpc) is 2.14. The van der Waals surface area contributed by atoms with Crippen LogP contribution in [0, 0.1) is 0 Å². The first-order valence-corrected chi connectivity index (χ1v) is 5.13. The zero-order chi connectivity index (χ0) is 16.3. The lowest BCUT2D eigenvalue weighted by Crippen LogP contribution is -2.47. The summed E-state index contributed by atoms with van der Waals surface area (Å²) in [6.07, 6.45) is -10.9. The van der Waals surface area contributed by atoms with Crippen LogP contribution in [-0.2, 0) is 23.9 Å². The maximum Gasteiger partial charge on any atom is 0.457 e. The highest BCUT2D eigenvalue weighted by Crippen LogP contribution is 2.35. The minimum absolute atomic E-state index is 0.307. The third kappa shape index (κ3) is 5.50. The van der Waals surface area contributed by atoms with E-state index in [-0.39, 0.29) is 6.92 Å². The molecule has 0 aliphatic heterocycles. The van der Waals surface area contributed by atoms with Gasteiger partial charge in [0.2, 0.25) is 0 Å². The van der Waals surface area contributed by atoms with Crippen molar-refractivity contribution in [1.29, 1.82) is 0 Å². The molecule has 114 valence electrons. The Labute approximate surface area is 101 Å². The molecule has 0 unspecified atom stereocenters. The fourth-order valence-corrected chi connectivity index (χ4v) is 1.36. The Balaban J connectivity index is 0. The summed E-state index contributed by atoms with van der Waals surface area (Å²) < 4.78 is 107. The lowest BCUT2D eigenvalue weighted by molar-refractivity contribution is -0.191. The summed E-state index contributed by atoms with van der Waals surface area (Å²) in [5.41, 5.74) is 0. The van der Waals surface area contributed by atoms with Crippen LogP contribution in [0.5, 0.6) is 0 Å². The predicted molar refractivity (Wildman–Crippen MR) is 43.8 cm³/mol. The highest BCUT2D eigenvalue weighted by Gasteiger charge is 2.65. The van der Waals surface area contributed by atoms with Crippen LogP contribution in [-0.4, -0.2) is 38.5 Å². The molecule has 0 heterocycles. The number of carbonyl (C=O) groups is 2. The van der Waals surface area contributed by atoms with Crippen LogP contribution in [0.2, 0.25) is 0 Å². The quantitative estimate of drug-likeness (QED) is 0.579. The Morgan fingerprint density at radius 3 is 1.53 bits per heavy atom. The predicted octanol–water partition coefficient (Wildman–Crippen LogP) is 1.48. The molecular formula is C6H5F7O5S. The molecule has 0 amide bonds. The highest BCUT2D eigenvalue weighted by atomic mass is 32.2. The fourth-order valence-electron chi connectivity index (χ4n) is 0.524. The lowest BCUT2D eigenvalue weighted by Gasteiger charge is -2.18. The summed E-state index contributed by atoms with van der Waals surface area (Å²) >= 11 is 0. The zero-order valence-corrected chi connectivity index (χ0v) is 9.62. The van der Waals surface area contributed by atoms with Gasteiger partial charge in [-0.1, -0.05) is 0 Å². The second-order valence-electron chi connectivity index (χ2n) is 2.69. The van der Waals surface area contributed by atoms with Gasteiger partial charge in [0.1, 0.15) is 6.79 Å². The van der Waals surface area contributed by atoms with E-state index in [9.17, 15) is 43.9 Å². The Kier molecular flexibility index (Phi) is 6.15. The summed E-state index contributed by atoms with van der Waals surface area (Å²) in [6.45, 7) is 1.69. The molecule has 0 aromatic heterocycles. The first kappa shape index (κ1) is 20.1. The van der Waals surface area contributed by atoms with Gasteiger partial charge in [0.15, 0.2) is 0 Å². The van der Waals surface area contributed by atoms with E-state index in [0.717, 1.165) is 0 Å². The van der Waals surface area contributed by atoms with Crippen LogP contribution >= 0.6 is 0 Å². The Morgan fingerprint density at radius 2 is 1.32 bits per heavy atom. The molecular weight excluding hydrogens is 317 g/mol. The van der Waals surface area contributed by atoms with Crippen molar-refractivity contribution in [1.82, 2.24) is 0 Å². The van der Waals surface area contributed by atoms with Crippen molar-refractivity contribution in [3.63, 3.8) is 0 Å². The van der Waals surface area contributed by atoms with Gasteiger partial charge in [0, 0.05) is 6.92 Å². The van der Waals surface area contributed by atoms with Crippen LogP contribution in [0.25, 0.3) is 0 Å². The number of rotatable bonds is 4. The average molecular weight is 322 g/mol. The van der Waals surface area contributed by atoms with E-state index in [1.165, 1.54) is 0 Å². The maximum absolute atomic E-state index is 12.5. The number of carbonyl (C=O) groups excluding carboxylic acids is 2. The number of Topliss-reactive ketones (excluding diaryl/α,β-unsaturated/α-hetero) is 1. The van der Waals surface area contributed by atoms with E-state index in [2.05, 4.69) is 4.18 Å². The first-order valence-electron chi connectivity index (χ1n) is 3.72. The van der Waals surface area contributed by atoms with Crippen LogP contribution in [0.4, 0.5) is 30.7 Å². The maximum atomic E-state index is 12.5. The van der Waals surface area contributed by atoms with E-state index < -0.39 is 33.4 Å². The van der Waals surface area contributed by atoms with E-state index in [1.54, 1.807) is 0 Å². The van der Waals surface area contributed by atoms with Crippen molar-refractivity contribution >= 4 is 22.7 Å². The molecule has 13 heteroatoms. The topological polar surface area (TPSA) is 77.5 Å². The van der Waals surface area contributed by atoms with Crippen LogP contribution < -0.4 is 0 Å². The third-order valence-electron chi connectivity index (χ3n) is 1.09. The molecule has 0 atom stereocenters. The van der Waals surface area contributed by atoms with Gasteiger partial charge in [-0.15, -0.1) is 0 Å². The molecule has 0 saturated heterocycles. The van der Waals surface area contributed by atoms with Crippen LogP contribution in [0.3, 0.4) is 0 Å². The van der Waals surface area contributed by atoms with Gasteiger partial charge in [0.05, 0.1) is 0 Å². The summed E-state index contributed by atoms with van der Waals surface area (Å²) in [6, 6.07) is 0. The minimum atomic E-state index is -6.75. The zero-order valence-electron chi connectivity index (χ0n) is 8.80. The van der Waals surface area contributed by atoms with E-state index >= 15 is 0 Å². The van der Waals surface area contributed by atoms with Crippen molar-refractivity contribution in [2.24, 2.45) is 0 Å². The third-order valence-corrected chi connectivity index (χ3v) is 2.42. The summed E-state index contributed by atoms with van der Waals surface area (Å²) in [5, 5.41) is -6.15. The SMILES string of the molecule is C=O.CC(F)(F)OS(=O)(=O)C(F)(F)C(=O)C(F)(F)F. The van der Waals surface area contributed by atoms with E-state index in [1.807, 2.05) is 6.79 Å². The minimum Gasteiger partial charge on any atom is -0.307 e. The molecule has 0 fully saturated rings. The molecule has 0 aromatic rings. The van der Waals surface area contributed by atoms with Crippen molar-refractivity contribution in [3.8, 4) is 0 Å². The number of ketones is 1. The van der Waals surface area contributed by atoms with Crippen LogP contribution in [0.1, 0.15) is 6.92 Å². The smallest absolute Gasteiger partial charge is 0.307 e. The van der Waals surface area contributed by atoms with Crippen molar-refractivity contribution in [3.05, 3.63) is 0 Å². The largest absolute Gasteiger partial charge is 0.457 e. The highest BCUT2D eigenvalue weighted by molar-refractivity contribution is 7.88. The van der Waals surface area contributed by atoms with E-state index in [0.29, 0.717) is 0 Å². The van der Waals surface area contributed by atoms with E-state index in [4.69, 9.17) is 4.79 Å². The molecule has 19 heavy (non-hydrogen) atoms. The van der Waals surface area contributed by atoms with Crippen molar-refractivity contribution in [2.75, 3.05) is 0 Å².